The second kappa shape index (κ2) is 9.19. The van der Waals surface area contributed by atoms with Crippen molar-refractivity contribution in [3.8, 4) is 0 Å². The van der Waals surface area contributed by atoms with Gasteiger partial charge in [-0.1, -0.05) is 54.5 Å². The first-order valence-corrected chi connectivity index (χ1v) is 8.64. The van der Waals surface area contributed by atoms with Crippen LogP contribution >= 0.6 is 11.6 Å². The number of carbonyl (C=O) groups excluding carboxylic acids is 1. The van der Waals surface area contributed by atoms with Crippen LogP contribution in [0.25, 0.3) is 0 Å². The Bertz CT molecular complexity index is 761. The van der Waals surface area contributed by atoms with Gasteiger partial charge in [0.15, 0.2) is 5.76 Å². The smallest absolute Gasteiger partial charge is 0.343 e. The van der Waals surface area contributed by atoms with Gasteiger partial charge in [-0.15, -0.1) is 6.58 Å². The standard InChI is InChI=1S/C21H22ClNO2/c1-4-6-13-23-20-17(5-2)18(22)11-12-19(20)25-21(24)16-10-8-7-9-15(3)14-16/h5-7,9-14,17H,2,4,8H2,1,3H3/b13-6-,23-20?. The highest BCUT2D eigenvalue weighted by Crippen LogP contribution is 2.28. The third-order valence-electron chi connectivity index (χ3n) is 3.70. The summed E-state index contributed by atoms with van der Waals surface area (Å²) in [7, 11) is 0. The molecule has 0 aliphatic heterocycles. The van der Waals surface area contributed by atoms with E-state index in [-0.39, 0.29) is 5.92 Å². The first-order valence-electron chi connectivity index (χ1n) is 8.27. The van der Waals surface area contributed by atoms with Gasteiger partial charge in [0.05, 0.1) is 17.2 Å². The average molecular weight is 356 g/mol. The van der Waals surface area contributed by atoms with Gasteiger partial charge in [0.1, 0.15) is 0 Å². The van der Waals surface area contributed by atoms with Crippen LogP contribution in [0.2, 0.25) is 0 Å². The van der Waals surface area contributed by atoms with Gasteiger partial charge in [-0.25, -0.2) is 4.79 Å². The molecule has 130 valence electrons. The fraction of sp³-hybridized carbons (Fsp3) is 0.238. The number of esters is 1. The molecule has 3 nitrogen and oxygen atoms in total. The number of carbonyl (C=O) groups is 1. The Morgan fingerprint density at radius 3 is 3.00 bits per heavy atom. The summed E-state index contributed by atoms with van der Waals surface area (Å²) >= 11 is 6.25. The minimum absolute atomic E-state index is 0.293. The summed E-state index contributed by atoms with van der Waals surface area (Å²) in [5, 5.41) is 0.590. The molecule has 0 heterocycles. The predicted molar refractivity (Wildman–Crippen MR) is 104 cm³/mol. The van der Waals surface area contributed by atoms with Crippen molar-refractivity contribution in [3.63, 3.8) is 0 Å². The van der Waals surface area contributed by atoms with Crippen LogP contribution in [0.5, 0.6) is 0 Å². The molecule has 0 fully saturated rings. The lowest BCUT2D eigenvalue weighted by Gasteiger charge is -2.20. The zero-order valence-electron chi connectivity index (χ0n) is 14.5. The summed E-state index contributed by atoms with van der Waals surface area (Å²) in [6, 6.07) is 0. The normalized spacial score (nSPS) is 22.0. The molecule has 0 saturated carbocycles. The first-order chi connectivity index (χ1) is 12.1. The van der Waals surface area contributed by atoms with Crippen LogP contribution in [0.4, 0.5) is 0 Å². The average Bonchev–Trinajstić information content (AvgIpc) is 2.82. The van der Waals surface area contributed by atoms with Gasteiger partial charge in [0.25, 0.3) is 0 Å². The second-order valence-electron chi connectivity index (χ2n) is 5.68. The minimum atomic E-state index is -0.407. The summed E-state index contributed by atoms with van der Waals surface area (Å²) in [5.74, 6) is -0.307. The number of hydrogen-bond donors (Lipinski definition) is 0. The van der Waals surface area contributed by atoms with E-state index >= 15 is 0 Å². The summed E-state index contributed by atoms with van der Waals surface area (Å²) in [5.41, 5.74) is 2.11. The molecule has 0 amide bonds. The molecule has 0 spiro atoms. The summed E-state index contributed by atoms with van der Waals surface area (Å²) in [4.78, 5) is 17.0. The molecule has 2 rings (SSSR count). The van der Waals surface area contributed by atoms with E-state index < -0.39 is 5.97 Å². The van der Waals surface area contributed by atoms with Crippen LogP contribution in [0, 0.1) is 5.92 Å². The van der Waals surface area contributed by atoms with Crippen molar-refractivity contribution in [2.45, 2.75) is 26.7 Å². The molecular formula is C21H22ClNO2. The number of allylic oxidation sites excluding steroid dienone is 10. The van der Waals surface area contributed by atoms with Gasteiger partial charge in [0.2, 0.25) is 0 Å². The molecule has 0 radical (unpaired) electrons. The number of rotatable bonds is 5. The maximum atomic E-state index is 12.6. The largest absolute Gasteiger partial charge is 0.421 e. The highest BCUT2D eigenvalue weighted by atomic mass is 35.5. The summed E-state index contributed by atoms with van der Waals surface area (Å²) in [6.07, 6.45) is 17.9. The van der Waals surface area contributed by atoms with Crippen LogP contribution < -0.4 is 0 Å². The van der Waals surface area contributed by atoms with E-state index in [1.165, 1.54) is 0 Å². The fourth-order valence-corrected chi connectivity index (χ4v) is 2.68. The Hall–Kier alpha value is -2.39. The lowest BCUT2D eigenvalue weighted by atomic mass is 9.96. The molecule has 1 atom stereocenters. The maximum Gasteiger partial charge on any atom is 0.343 e. The molecule has 0 aromatic rings. The van der Waals surface area contributed by atoms with Crippen LogP contribution in [-0.2, 0) is 9.53 Å². The van der Waals surface area contributed by atoms with Crippen LogP contribution in [0.3, 0.4) is 0 Å². The second-order valence-corrected chi connectivity index (χ2v) is 6.12. The van der Waals surface area contributed by atoms with Gasteiger partial charge in [0, 0.05) is 11.2 Å². The van der Waals surface area contributed by atoms with Crippen molar-refractivity contribution in [2.24, 2.45) is 10.9 Å². The highest BCUT2D eigenvalue weighted by Gasteiger charge is 2.26. The zero-order valence-corrected chi connectivity index (χ0v) is 15.3. The molecule has 25 heavy (non-hydrogen) atoms. The van der Waals surface area contributed by atoms with Crippen LogP contribution in [0.15, 0.2) is 88.3 Å². The van der Waals surface area contributed by atoms with Crippen molar-refractivity contribution < 1.29 is 9.53 Å². The molecule has 1 unspecified atom stereocenters. The molecular weight excluding hydrogens is 334 g/mol. The molecule has 2 aliphatic rings. The number of halogens is 1. The van der Waals surface area contributed by atoms with E-state index in [0.29, 0.717) is 28.5 Å². The number of nitrogens with zero attached hydrogens (tertiary/aromatic N) is 1. The van der Waals surface area contributed by atoms with E-state index in [4.69, 9.17) is 16.3 Å². The molecule has 4 heteroatoms. The minimum Gasteiger partial charge on any atom is -0.421 e. The fourth-order valence-electron chi connectivity index (χ4n) is 2.42. The van der Waals surface area contributed by atoms with Crippen molar-refractivity contribution >= 4 is 23.3 Å². The quantitative estimate of drug-likeness (QED) is 0.479. The number of ether oxygens (including phenoxy) is 1. The van der Waals surface area contributed by atoms with Gasteiger partial charge in [-0.05, 0) is 38.0 Å². The summed E-state index contributed by atoms with van der Waals surface area (Å²) in [6.45, 7) is 7.78. The molecule has 0 N–H and O–H groups in total. The topological polar surface area (TPSA) is 38.7 Å². The van der Waals surface area contributed by atoms with E-state index in [0.717, 1.165) is 12.0 Å². The molecule has 0 aromatic carbocycles. The lowest BCUT2D eigenvalue weighted by molar-refractivity contribution is -0.134. The van der Waals surface area contributed by atoms with E-state index in [1.54, 1.807) is 24.4 Å². The number of aliphatic imine (C=N–C) groups is 1. The van der Waals surface area contributed by atoms with Gasteiger partial charge < -0.3 is 4.74 Å². The van der Waals surface area contributed by atoms with E-state index in [1.807, 2.05) is 44.2 Å². The Balaban J connectivity index is 2.28. The van der Waals surface area contributed by atoms with Crippen molar-refractivity contribution in [2.75, 3.05) is 0 Å². The Kier molecular flexibility index (Phi) is 6.96. The third kappa shape index (κ3) is 5.04. The Morgan fingerprint density at radius 2 is 2.28 bits per heavy atom. The molecule has 0 bridgehead atoms. The molecule has 0 aromatic heterocycles. The number of hydrogen-bond acceptors (Lipinski definition) is 3. The van der Waals surface area contributed by atoms with Crippen molar-refractivity contribution in [1.29, 1.82) is 0 Å². The maximum absolute atomic E-state index is 12.6. The SMILES string of the molecule is C=CC1C(Cl)=CC=C(OC(=O)C2=CCC=CC(C)=C2)C1=N/C=C\CC. The lowest BCUT2D eigenvalue weighted by Crippen LogP contribution is -2.22. The monoisotopic (exact) mass is 355 g/mol. The van der Waals surface area contributed by atoms with E-state index in [9.17, 15) is 4.79 Å². The Labute approximate surface area is 154 Å². The predicted octanol–water partition coefficient (Wildman–Crippen LogP) is 5.55. The van der Waals surface area contributed by atoms with Crippen LogP contribution in [0.1, 0.15) is 26.7 Å². The third-order valence-corrected chi connectivity index (χ3v) is 4.07. The van der Waals surface area contributed by atoms with E-state index in [2.05, 4.69) is 11.6 Å². The van der Waals surface area contributed by atoms with Crippen LogP contribution in [-0.4, -0.2) is 11.7 Å². The zero-order chi connectivity index (χ0) is 18.2. The molecule has 0 saturated heterocycles. The summed E-state index contributed by atoms with van der Waals surface area (Å²) < 4.78 is 5.62. The molecule has 2 aliphatic carbocycles. The van der Waals surface area contributed by atoms with Gasteiger partial charge in [-0.3, -0.25) is 4.99 Å². The van der Waals surface area contributed by atoms with Gasteiger partial charge in [-0.2, -0.15) is 0 Å². The van der Waals surface area contributed by atoms with Crippen molar-refractivity contribution in [3.05, 3.63) is 83.3 Å². The Morgan fingerprint density at radius 1 is 1.48 bits per heavy atom. The van der Waals surface area contributed by atoms with Crippen molar-refractivity contribution in [1.82, 2.24) is 0 Å². The highest BCUT2D eigenvalue weighted by molar-refractivity contribution is 6.33. The van der Waals surface area contributed by atoms with Gasteiger partial charge >= 0.3 is 5.97 Å². The first kappa shape index (κ1) is 18.9.